The van der Waals surface area contributed by atoms with E-state index in [1.165, 1.54) is 0 Å². The van der Waals surface area contributed by atoms with E-state index in [1.54, 1.807) is 11.3 Å². The van der Waals surface area contributed by atoms with Crippen molar-refractivity contribution in [1.29, 1.82) is 0 Å². The standard InChI is InChI=1S/C42H25ClN6S/c43-42-48-38(40-39(49-42)32-13-7-8-14-37(32)50-40)28-15-17-29(18-16-28)41-46-35(33-21-19-30(24-44-33)26-9-3-1-4-10-26)23-36(47-41)34-22-20-31(25-45-34)27-11-5-2-6-12-27/h1-25H. The normalized spacial score (nSPS) is 11.3. The van der Waals surface area contributed by atoms with E-state index in [1.807, 2.05) is 103 Å². The Kier molecular flexibility index (Phi) is 7.61. The van der Waals surface area contributed by atoms with E-state index in [9.17, 15) is 0 Å². The topological polar surface area (TPSA) is 77.3 Å². The molecule has 9 aromatic rings. The van der Waals surface area contributed by atoms with Crippen molar-refractivity contribution in [3.8, 4) is 67.7 Å². The molecule has 0 atom stereocenters. The van der Waals surface area contributed by atoms with Gasteiger partial charge in [0, 0.05) is 44.7 Å². The van der Waals surface area contributed by atoms with Crippen molar-refractivity contribution in [3.63, 3.8) is 0 Å². The van der Waals surface area contributed by atoms with Crippen molar-refractivity contribution in [2.24, 2.45) is 0 Å². The zero-order valence-electron chi connectivity index (χ0n) is 26.4. The SMILES string of the molecule is Clc1nc(-c2ccc(-c3nc(-c4ccc(-c5ccccc5)cn4)cc(-c4ccc(-c5ccccc5)cn4)n3)cc2)c2sc3ccccc3c2n1. The van der Waals surface area contributed by atoms with E-state index in [2.05, 4.69) is 58.5 Å². The molecule has 0 aliphatic rings. The first-order valence-corrected chi connectivity index (χ1v) is 17.2. The number of hydrogen-bond acceptors (Lipinski definition) is 7. The van der Waals surface area contributed by atoms with Crippen molar-refractivity contribution in [2.45, 2.75) is 0 Å². The average Bonchev–Trinajstić information content (AvgIpc) is 3.57. The lowest BCUT2D eigenvalue weighted by atomic mass is 10.1. The lowest BCUT2D eigenvalue weighted by Gasteiger charge is -2.10. The highest BCUT2D eigenvalue weighted by Gasteiger charge is 2.17. The number of pyridine rings is 2. The fourth-order valence-corrected chi connectivity index (χ4v) is 7.39. The van der Waals surface area contributed by atoms with Crippen LogP contribution in [-0.4, -0.2) is 29.9 Å². The average molecular weight is 681 g/mol. The summed E-state index contributed by atoms with van der Waals surface area (Å²) in [7, 11) is 0. The van der Waals surface area contributed by atoms with Crippen molar-refractivity contribution < 1.29 is 0 Å². The maximum atomic E-state index is 6.45. The first-order chi connectivity index (χ1) is 24.7. The zero-order valence-corrected chi connectivity index (χ0v) is 28.0. The highest BCUT2D eigenvalue weighted by Crippen LogP contribution is 2.39. The van der Waals surface area contributed by atoms with Gasteiger partial charge in [0.2, 0.25) is 5.28 Å². The Labute approximate surface area is 296 Å². The fraction of sp³-hybridized carbons (Fsp3) is 0. The van der Waals surface area contributed by atoms with Gasteiger partial charge in [-0.2, -0.15) is 0 Å². The number of fused-ring (bicyclic) bond motifs is 3. The van der Waals surface area contributed by atoms with Crippen molar-refractivity contribution in [3.05, 3.63) is 157 Å². The molecule has 236 valence electrons. The van der Waals surface area contributed by atoms with E-state index in [-0.39, 0.29) is 5.28 Å². The van der Waals surface area contributed by atoms with Crippen LogP contribution in [0.25, 0.3) is 88.0 Å². The summed E-state index contributed by atoms with van der Waals surface area (Å²) >= 11 is 8.12. The van der Waals surface area contributed by atoms with Gasteiger partial charge in [0.25, 0.3) is 0 Å². The zero-order chi connectivity index (χ0) is 33.4. The summed E-state index contributed by atoms with van der Waals surface area (Å²) < 4.78 is 2.14. The van der Waals surface area contributed by atoms with Crippen LogP contribution in [-0.2, 0) is 0 Å². The molecule has 0 aliphatic heterocycles. The van der Waals surface area contributed by atoms with Gasteiger partial charge in [-0.3, -0.25) is 9.97 Å². The number of hydrogen-bond donors (Lipinski definition) is 0. The molecule has 0 radical (unpaired) electrons. The monoisotopic (exact) mass is 680 g/mol. The molecule has 0 N–H and O–H groups in total. The first-order valence-electron chi connectivity index (χ1n) is 16.0. The van der Waals surface area contributed by atoms with Gasteiger partial charge in [-0.05, 0) is 47.0 Å². The van der Waals surface area contributed by atoms with Crippen LogP contribution in [0.4, 0.5) is 0 Å². The van der Waals surface area contributed by atoms with Gasteiger partial charge in [0.15, 0.2) is 5.82 Å². The summed E-state index contributed by atoms with van der Waals surface area (Å²) in [6, 6.07) is 46.9. The quantitative estimate of drug-likeness (QED) is 0.163. The van der Waals surface area contributed by atoms with E-state index in [0.717, 1.165) is 70.8 Å². The molecule has 6 nitrogen and oxygen atoms in total. The fourth-order valence-electron chi connectivity index (χ4n) is 6.07. The molecule has 0 saturated carbocycles. The van der Waals surface area contributed by atoms with Crippen LogP contribution >= 0.6 is 22.9 Å². The van der Waals surface area contributed by atoms with Crippen molar-refractivity contribution in [1.82, 2.24) is 29.9 Å². The van der Waals surface area contributed by atoms with Crippen LogP contribution in [0.3, 0.4) is 0 Å². The van der Waals surface area contributed by atoms with Crippen molar-refractivity contribution in [2.75, 3.05) is 0 Å². The third-order valence-electron chi connectivity index (χ3n) is 8.60. The minimum Gasteiger partial charge on any atom is -0.254 e. The molecule has 0 bridgehead atoms. The summed E-state index contributed by atoms with van der Waals surface area (Å²) in [6.07, 6.45) is 3.77. The number of rotatable bonds is 6. The third-order valence-corrected chi connectivity index (χ3v) is 9.94. The largest absolute Gasteiger partial charge is 0.254 e. The molecule has 0 amide bonds. The smallest absolute Gasteiger partial charge is 0.223 e. The van der Waals surface area contributed by atoms with Gasteiger partial charge in [0.1, 0.15) is 0 Å². The van der Waals surface area contributed by atoms with E-state index < -0.39 is 0 Å². The van der Waals surface area contributed by atoms with Gasteiger partial charge in [-0.25, -0.2) is 19.9 Å². The predicted molar refractivity (Wildman–Crippen MR) is 204 cm³/mol. The maximum absolute atomic E-state index is 6.45. The molecule has 0 fully saturated rings. The molecule has 0 aliphatic carbocycles. The summed E-state index contributed by atoms with van der Waals surface area (Å²) in [5.41, 5.74) is 10.6. The Balaban J connectivity index is 1.12. The van der Waals surface area contributed by atoms with Crippen LogP contribution in [0.5, 0.6) is 0 Å². The van der Waals surface area contributed by atoms with Gasteiger partial charge in [-0.15, -0.1) is 11.3 Å². The second kappa shape index (κ2) is 12.7. The Morgan fingerprint density at radius 1 is 0.440 bits per heavy atom. The van der Waals surface area contributed by atoms with E-state index in [4.69, 9.17) is 31.5 Å². The van der Waals surface area contributed by atoms with Crippen LogP contribution in [0.2, 0.25) is 5.28 Å². The molecule has 50 heavy (non-hydrogen) atoms. The molecular formula is C42H25ClN6S. The Morgan fingerprint density at radius 2 is 0.980 bits per heavy atom. The minimum absolute atomic E-state index is 0.220. The minimum atomic E-state index is 0.220. The molecule has 5 aromatic heterocycles. The van der Waals surface area contributed by atoms with Crippen LogP contribution < -0.4 is 0 Å². The molecule has 0 unspecified atom stereocenters. The highest BCUT2D eigenvalue weighted by molar-refractivity contribution is 7.26. The first kappa shape index (κ1) is 29.9. The van der Waals surface area contributed by atoms with Gasteiger partial charge < -0.3 is 0 Å². The summed E-state index contributed by atoms with van der Waals surface area (Å²) in [5, 5.41) is 1.29. The highest BCUT2D eigenvalue weighted by atomic mass is 35.5. The lowest BCUT2D eigenvalue weighted by molar-refractivity contribution is 1.15. The number of nitrogens with zero attached hydrogens (tertiary/aromatic N) is 6. The number of aromatic nitrogens is 6. The number of benzene rings is 4. The van der Waals surface area contributed by atoms with Gasteiger partial charge >= 0.3 is 0 Å². The van der Waals surface area contributed by atoms with Crippen LogP contribution in [0.1, 0.15) is 0 Å². The molecule has 9 rings (SSSR count). The Bertz CT molecular complexity index is 2520. The summed E-state index contributed by atoms with van der Waals surface area (Å²) in [5.74, 6) is 0.569. The molecule has 4 aromatic carbocycles. The Morgan fingerprint density at radius 3 is 1.56 bits per heavy atom. The molecule has 5 heterocycles. The molecule has 0 spiro atoms. The van der Waals surface area contributed by atoms with Gasteiger partial charge in [-0.1, -0.05) is 115 Å². The van der Waals surface area contributed by atoms with Gasteiger partial charge in [0.05, 0.1) is 38.7 Å². The second-order valence-corrected chi connectivity index (χ2v) is 13.1. The van der Waals surface area contributed by atoms with Crippen LogP contribution in [0.15, 0.2) is 152 Å². The van der Waals surface area contributed by atoms with E-state index in [0.29, 0.717) is 17.2 Å². The van der Waals surface area contributed by atoms with Crippen LogP contribution in [0, 0.1) is 0 Å². The lowest BCUT2D eigenvalue weighted by Crippen LogP contribution is -1.98. The second-order valence-electron chi connectivity index (χ2n) is 11.8. The number of halogens is 1. The molecule has 0 saturated heterocycles. The predicted octanol–water partition coefficient (Wildman–Crippen LogP) is 11.1. The number of thiophene rings is 1. The summed E-state index contributed by atoms with van der Waals surface area (Å²) in [4.78, 5) is 28.9. The van der Waals surface area contributed by atoms with Crippen molar-refractivity contribution >= 4 is 43.2 Å². The third kappa shape index (κ3) is 5.68. The maximum Gasteiger partial charge on any atom is 0.223 e. The molecular weight excluding hydrogens is 656 g/mol. The Hall–Kier alpha value is -6.15. The molecule has 8 heteroatoms. The summed E-state index contributed by atoms with van der Waals surface area (Å²) in [6.45, 7) is 0. The van der Waals surface area contributed by atoms with E-state index >= 15 is 0 Å².